The van der Waals surface area contributed by atoms with Crippen LogP contribution in [0.25, 0.3) is 0 Å². The molecule has 2 rings (SSSR count). The normalized spacial score (nSPS) is 11.6. The minimum atomic E-state index is 0.207. The van der Waals surface area contributed by atoms with Gasteiger partial charge in [-0.3, -0.25) is 0 Å². The zero-order valence-electron chi connectivity index (χ0n) is 11.6. The Labute approximate surface area is 109 Å². The van der Waals surface area contributed by atoms with Crippen molar-refractivity contribution in [3.05, 3.63) is 48.0 Å². The second-order valence-electron chi connectivity index (χ2n) is 5.64. The first-order valence-corrected chi connectivity index (χ1v) is 6.27. The van der Waals surface area contributed by atoms with Crippen molar-refractivity contribution in [3.8, 4) is 0 Å². The Kier molecular flexibility index (Phi) is 3.41. The van der Waals surface area contributed by atoms with Crippen molar-refractivity contribution in [3.63, 3.8) is 0 Å². The maximum absolute atomic E-state index is 4.29. The molecule has 0 fully saturated rings. The van der Waals surface area contributed by atoms with Crippen LogP contribution >= 0.6 is 0 Å². The number of nitrogens with one attached hydrogen (secondary N) is 1. The predicted octanol–water partition coefficient (Wildman–Crippen LogP) is 3.33. The summed E-state index contributed by atoms with van der Waals surface area (Å²) in [4.78, 5) is 4.29. The van der Waals surface area contributed by atoms with Gasteiger partial charge in [-0.25, -0.2) is 4.98 Å². The highest BCUT2D eigenvalue weighted by Crippen LogP contribution is 2.23. The molecule has 0 spiro atoms. The maximum Gasteiger partial charge on any atom is 0.127 e. The van der Waals surface area contributed by atoms with E-state index >= 15 is 0 Å². The van der Waals surface area contributed by atoms with Crippen LogP contribution in [0.4, 0.5) is 5.69 Å². The van der Waals surface area contributed by atoms with Gasteiger partial charge in [-0.15, -0.1) is 0 Å². The standard InChI is InChI=1S/C15H21N3/c1-15(2,3)12-5-7-13(8-6-12)17-11-14-16-9-10-18(14)4/h5-10,17H,11H2,1-4H3. The van der Waals surface area contributed by atoms with Gasteiger partial charge >= 0.3 is 0 Å². The van der Waals surface area contributed by atoms with E-state index < -0.39 is 0 Å². The van der Waals surface area contributed by atoms with Crippen LogP contribution in [0.2, 0.25) is 0 Å². The van der Waals surface area contributed by atoms with Crippen LogP contribution in [0.5, 0.6) is 0 Å². The third-order valence-electron chi connectivity index (χ3n) is 3.12. The summed E-state index contributed by atoms with van der Waals surface area (Å²) in [7, 11) is 2.01. The van der Waals surface area contributed by atoms with Crippen molar-refractivity contribution < 1.29 is 0 Å². The molecule has 96 valence electrons. The van der Waals surface area contributed by atoms with Crippen molar-refractivity contribution >= 4 is 5.69 Å². The van der Waals surface area contributed by atoms with E-state index in [1.807, 2.05) is 24.0 Å². The molecule has 3 heteroatoms. The van der Waals surface area contributed by atoms with E-state index in [0.717, 1.165) is 18.1 Å². The second kappa shape index (κ2) is 4.84. The molecule has 2 aromatic rings. The summed E-state index contributed by atoms with van der Waals surface area (Å²) in [5.74, 6) is 1.04. The van der Waals surface area contributed by atoms with Gasteiger partial charge in [-0.1, -0.05) is 32.9 Å². The van der Waals surface area contributed by atoms with Crippen LogP contribution in [0.1, 0.15) is 32.2 Å². The molecular weight excluding hydrogens is 222 g/mol. The first kappa shape index (κ1) is 12.7. The van der Waals surface area contributed by atoms with Crippen molar-refractivity contribution in [2.45, 2.75) is 32.7 Å². The molecule has 1 aromatic carbocycles. The summed E-state index contributed by atoms with van der Waals surface area (Å²) >= 11 is 0. The summed E-state index contributed by atoms with van der Waals surface area (Å²) in [5.41, 5.74) is 2.69. The molecule has 0 unspecified atom stereocenters. The summed E-state index contributed by atoms with van der Waals surface area (Å²) < 4.78 is 2.02. The first-order valence-electron chi connectivity index (χ1n) is 6.27. The molecule has 0 saturated heterocycles. The summed E-state index contributed by atoms with van der Waals surface area (Å²) in [6.45, 7) is 7.42. The number of rotatable bonds is 3. The van der Waals surface area contributed by atoms with Gasteiger partial charge in [0.25, 0.3) is 0 Å². The fraction of sp³-hybridized carbons (Fsp3) is 0.400. The van der Waals surface area contributed by atoms with E-state index in [9.17, 15) is 0 Å². The molecule has 1 aromatic heterocycles. The zero-order valence-corrected chi connectivity index (χ0v) is 11.6. The first-order chi connectivity index (χ1) is 8.47. The average molecular weight is 243 g/mol. The third-order valence-corrected chi connectivity index (χ3v) is 3.12. The summed E-state index contributed by atoms with van der Waals surface area (Å²) in [6.07, 6.45) is 3.78. The molecule has 18 heavy (non-hydrogen) atoms. The SMILES string of the molecule is Cn1ccnc1CNc1ccc(C(C)(C)C)cc1. The van der Waals surface area contributed by atoms with E-state index in [1.165, 1.54) is 5.56 Å². The van der Waals surface area contributed by atoms with Gasteiger partial charge in [-0.05, 0) is 23.1 Å². The largest absolute Gasteiger partial charge is 0.378 e. The molecular formula is C15H21N3. The van der Waals surface area contributed by atoms with Crippen LogP contribution < -0.4 is 5.32 Å². The highest BCUT2D eigenvalue weighted by atomic mass is 15.1. The molecule has 0 bridgehead atoms. The van der Waals surface area contributed by atoms with Crippen molar-refractivity contribution in [1.82, 2.24) is 9.55 Å². The van der Waals surface area contributed by atoms with Crippen LogP contribution in [0, 0.1) is 0 Å². The summed E-state index contributed by atoms with van der Waals surface area (Å²) in [6, 6.07) is 8.62. The second-order valence-corrected chi connectivity index (χ2v) is 5.64. The van der Waals surface area contributed by atoms with Crippen molar-refractivity contribution in [1.29, 1.82) is 0 Å². The predicted molar refractivity (Wildman–Crippen MR) is 75.7 cm³/mol. The molecule has 0 atom stereocenters. The fourth-order valence-corrected chi connectivity index (χ4v) is 1.84. The average Bonchev–Trinajstić information content (AvgIpc) is 2.72. The van der Waals surface area contributed by atoms with Crippen molar-refractivity contribution in [2.24, 2.45) is 7.05 Å². The molecule has 1 heterocycles. The maximum atomic E-state index is 4.29. The highest BCUT2D eigenvalue weighted by Gasteiger charge is 2.12. The lowest BCUT2D eigenvalue weighted by Gasteiger charge is -2.19. The molecule has 0 saturated carbocycles. The molecule has 0 aliphatic heterocycles. The van der Waals surface area contributed by atoms with Crippen LogP contribution in [0.15, 0.2) is 36.7 Å². The Balaban J connectivity index is 2.01. The van der Waals surface area contributed by atoms with E-state index in [2.05, 4.69) is 55.3 Å². The number of nitrogens with zero attached hydrogens (tertiary/aromatic N) is 2. The van der Waals surface area contributed by atoms with E-state index in [0.29, 0.717) is 0 Å². The molecule has 0 radical (unpaired) electrons. The zero-order chi connectivity index (χ0) is 13.2. The summed E-state index contributed by atoms with van der Waals surface area (Å²) in [5, 5.41) is 3.38. The van der Waals surface area contributed by atoms with Crippen LogP contribution in [-0.4, -0.2) is 9.55 Å². The lowest BCUT2D eigenvalue weighted by Crippen LogP contribution is -2.11. The number of imidazole rings is 1. The number of hydrogen-bond acceptors (Lipinski definition) is 2. The number of aromatic nitrogens is 2. The lowest BCUT2D eigenvalue weighted by atomic mass is 9.87. The lowest BCUT2D eigenvalue weighted by molar-refractivity contribution is 0.590. The quantitative estimate of drug-likeness (QED) is 0.896. The highest BCUT2D eigenvalue weighted by molar-refractivity contribution is 5.45. The van der Waals surface area contributed by atoms with Gasteiger partial charge in [0.05, 0.1) is 6.54 Å². The minimum Gasteiger partial charge on any atom is -0.378 e. The Morgan fingerprint density at radius 3 is 2.33 bits per heavy atom. The Morgan fingerprint density at radius 1 is 1.17 bits per heavy atom. The van der Waals surface area contributed by atoms with Gasteiger partial charge in [0.2, 0.25) is 0 Å². The monoisotopic (exact) mass is 243 g/mol. The third kappa shape index (κ3) is 2.92. The molecule has 0 amide bonds. The van der Waals surface area contributed by atoms with E-state index in [-0.39, 0.29) is 5.41 Å². The number of benzene rings is 1. The Morgan fingerprint density at radius 2 is 1.83 bits per heavy atom. The van der Waals surface area contributed by atoms with Gasteiger partial charge in [-0.2, -0.15) is 0 Å². The minimum absolute atomic E-state index is 0.207. The van der Waals surface area contributed by atoms with Crippen LogP contribution in [0.3, 0.4) is 0 Å². The number of hydrogen-bond donors (Lipinski definition) is 1. The van der Waals surface area contributed by atoms with E-state index in [1.54, 1.807) is 0 Å². The number of anilines is 1. The molecule has 1 N–H and O–H groups in total. The van der Waals surface area contributed by atoms with Gasteiger partial charge in [0, 0.05) is 25.1 Å². The van der Waals surface area contributed by atoms with Crippen LogP contribution in [-0.2, 0) is 19.0 Å². The Hall–Kier alpha value is -1.77. The molecule has 3 nitrogen and oxygen atoms in total. The van der Waals surface area contributed by atoms with E-state index in [4.69, 9.17) is 0 Å². The van der Waals surface area contributed by atoms with Gasteiger partial charge in [0.1, 0.15) is 5.82 Å². The smallest absolute Gasteiger partial charge is 0.127 e. The fourth-order valence-electron chi connectivity index (χ4n) is 1.84. The number of aryl methyl sites for hydroxylation is 1. The Bertz CT molecular complexity index is 503. The topological polar surface area (TPSA) is 29.9 Å². The molecule has 0 aliphatic carbocycles. The van der Waals surface area contributed by atoms with Crippen molar-refractivity contribution in [2.75, 3.05) is 5.32 Å². The molecule has 0 aliphatic rings. The van der Waals surface area contributed by atoms with Gasteiger partial charge < -0.3 is 9.88 Å². The van der Waals surface area contributed by atoms with Gasteiger partial charge in [0.15, 0.2) is 0 Å².